The number of nitrogens with zero attached hydrogens (tertiary/aromatic N) is 3. The number of nitrogens with one attached hydrogen (secondary N) is 2. The van der Waals surface area contributed by atoms with Crippen molar-refractivity contribution in [1.82, 2.24) is 10.2 Å². The van der Waals surface area contributed by atoms with E-state index in [2.05, 4.69) is 17.5 Å². The van der Waals surface area contributed by atoms with Crippen LogP contribution in [0.3, 0.4) is 0 Å². The summed E-state index contributed by atoms with van der Waals surface area (Å²) in [5.74, 6) is -0.685. The van der Waals surface area contributed by atoms with Gasteiger partial charge in [0.1, 0.15) is 0 Å². The van der Waals surface area contributed by atoms with Crippen LogP contribution in [0, 0.1) is 28.1 Å². The lowest BCUT2D eigenvalue weighted by Gasteiger charge is -2.45. The predicted octanol–water partition coefficient (Wildman–Crippen LogP) is 5.08. The van der Waals surface area contributed by atoms with E-state index in [1.165, 1.54) is 16.2 Å². The number of likely N-dealkylation sites (N-methyl/N-ethyl adjacent to an activating group) is 1. The van der Waals surface area contributed by atoms with Crippen LogP contribution < -0.4 is 5.32 Å². The second kappa shape index (κ2) is 8.44. The number of benzene rings is 2. The van der Waals surface area contributed by atoms with E-state index >= 15 is 0 Å². The Labute approximate surface area is 203 Å². The fourth-order valence-corrected chi connectivity index (χ4v) is 5.38. The van der Waals surface area contributed by atoms with Gasteiger partial charge >= 0.3 is 0 Å². The molecule has 170 valence electrons. The van der Waals surface area contributed by atoms with Gasteiger partial charge < -0.3 is 5.32 Å². The second-order valence-corrected chi connectivity index (χ2v) is 10.2. The van der Waals surface area contributed by atoms with Crippen molar-refractivity contribution in [2.45, 2.75) is 37.6 Å². The van der Waals surface area contributed by atoms with Gasteiger partial charge in [0.2, 0.25) is 5.91 Å². The van der Waals surface area contributed by atoms with E-state index in [1.807, 2.05) is 74.7 Å². The highest BCUT2D eigenvalue weighted by Crippen LogP contribution is 2.44. The number of guanidine groups is 1. The summed E-state index contributed by atoms with van der Waals surface area (Å²) in [4.78, 5) is 15.7. The molecule has 1 saturated heterocycles. The Morgan fingerprint density at radius 2 is 1.82 bits per heavy atom. The van der Waals surface area contributed by atoms with E-state index in [4.69, 9.17) is 5.41 Å². The lowest BCUT2D eigenvalue weighted by atomic mass is 9.75. The van der Waals surface area contributed by atoms with Crippen molar-refractivity contribution < 1.29 is 4.79 Å². The number of carbonyl (C=O) groups is 1. The van der Waals surface area contributed by atoms with Gasteiger partial charge in [0.15, 0.2) is 5.96 Å². The van der Waals surface area contributed by atoms with Crippen molar-refractivity contribution in [3.63, 3.8) is 0 Å². The molecule has 4 rings (SSSR count). The van der Waals surface area contributed by atoms with Crippen LogP contribution in [0.25, 0.3) is 11.1 Å². The minimum Gasteiger partial charge on any atom is -0.345 e. The molecule has 0 aliphatic carbocycles. The standard InChI is InChI=1S/C27H25N5OS/c1-26(2,16-29)21-10-8-18(9-11-21)23-24(33)32(4)25(30)31-27(23,3)22-13-20(15-34-22)19-7-5-6-17(12-19)14-28/h5-13,15,23H,1-4H3,(H2,30,31)/t23-,27-/m1/s1. The van der Waals surface area contributed by atoms with E-state index in [9.17, 15) is 15.3 Å². The molecule has 1 fully saturated rings. The molecule has 6 nitrogen and oxygen atoms in total. The van der Waals surface area contributed by atoms with Gasteiger partial charge in [0.25, 0.3) is 0 Å². The molecule has 7 heteroatoms. The monoisotopic (exact) mass is 467 g/mol. The minimum atomic E-state index is -0.845. The first kappa shape index (κ1) is 23.2. The quantitative estimate of drug-likeness (QED) is 0.558. The Morgan fingerprint density at radius 3 is 2.47 bits per heavy atom. The van der Waals surface area contributed by atoms with Crippen molar-refractivity contribution in [3.8, 4) is 23.3 Å². The van der Waals surface area contributed by atoms with Gasteiger partial charge in [-0.15, -0.1) is 11.3 Å². The van der Waals surface area contributed by atoms with Crippen LogP contribution in [-0.4, -0.2) is 23.8 Å². The summed E-state index contributed by atoms with van der Waals surface area (Å²) >= 11 is 1.52. The smallest absolute Gasteiger partial charge is 0.239 e. The maximum Gasteiger partial charge on any atom is 0.239 e. The number of amides is 1. The Hall–Kier alpha value is -3.94. The Morgan fingerprint density at radius 1 is 1.12 bits per heavy atom. The highest BCUT2D eigenvalue weighted by atomic mass is 32.1. The normalized spacial score (nSPS) is 20.4. The first-order valence-electron chi connectivity index (χ1n) is 10.9. The third-order valence-corrected chi connectivity index (χ3v) is 7.72. The van der Waals surface area contributed by atoms with Gasteiger partial charge in [-0.2, -0.15) is 10.5 Å². The summed E-state index contributed by atoms with van der Waals surface area (Å²) in [6.07, 6.45) is 0. The van der Waals surface area contributed by atoms with Gasteiger partial charge in [-0.1, -0.05) is 36.4 Å². The molecule has 0 spiro atoms. The number of nitriles is 2. The summed E-state index contributed by atoms with van der Waals surface area (Å²) in [6, 6.07) is 21.6. The molecule has 3 aromatic rings. The lowest BCUT2D eigenvalue weighted by molar-refractivity contribution is -0.131. The van der Waals surface area contributed by atoms with Crippen molar-refractivity contribution in [2.75, 3.05) is 7.05 Å². The molecule has 2 heterocycles. The molecule has 34 heavy (non-hydrogen) atoms. The van der Waals surface area contributed by atoms with Gasteiger partial charge in [0, 0.05) is 11.9 Å². The molecule has 0 saturated carbocycles. The molecule has 2 N–H and O–H groups in total. The Kier molecular flexibility index (Phi) is 5.77. The summed E-state index contributed by atoms with van der Waals surface area (Å²) < 4.78 is 0. The zero-order valence-electron chi connectivity index (χ0n) is 19.5. The van der Waals surface area contributed by atoms with Crippen LogP contribution in [0.5, 0.6) is 0 Å². The average molecular weight is 468 g/mol. The highest BCUT2D eigenvalue weighted by Gasteiger charge is 2.49. The van der Waals surface area contributed by atoms with Gasteiger partial charge in [0.05, 0.1) is 34.6 Å². The number of carbonyl (C=O) groups excluding carboxylic acids is 1. The number of hydrogen-bond acceptors (Lipinski definition) is 5. The molecule has 1 aromatic heterocycles. The molecule has 1 amide bonds. The molecule has 2 aromatic carbocycles. The van der Waals surface area contributed by atoms with Gasteiger partial charge in [-0.25, -0.2) is 0 Å². The Balaban J connectivity index is 1.79. The average Bonchev–Trinajstić information content (AvgIpc) is 3.34. The van der Waals surface area contributed by atoms with Gasteiger partial charge in [-0.05, 0) is 66.6 Å². The minimum absolute atomic E-state index is 0.0485. The molecule has 1 aliphatic rings. The largest absolute Gasteiger partial charge is 0.345 e. The Bertz CT molecular complexity index is 1360. The molecule has 0 radical (unpaired) electrons. The van der Waals surface area contributed by atoms with Crippen LogP contribution >= 0.6 is 11.3 Å². The van der Waals surface area contributed by atoms with Crippen molar-refractivity contribution in [2.24, 2.45) is 0 Å². The van der Waals surface area contributed by atoms with E-state index in [-0.39, 0.29) is 11.9 Å². The van der Waals surface area contributed by atoms with E-state index in [0.29, 0.717) is 5.56 Å². The summed E-state index contributed by atoms with van der Waals surface area (Å²) in [5.41, 5.74) is 2.71. The maximum absolute atomic E-state index is 13.5. The zero-order valence-corrected chi connectivity index (χ0v) is 20.3. The van der Waals surface area contributed by atoms with E-state index in [1.54, 1.807) is 13.1 Å². The molecule has 0 bridgehead atoms. The maximum atomic E-state index is 13.5. The molecular weight excluding hydrogens is 442 g/mol. The van der Waals surface area contributed by atoms with Crippen LogP contribution in [0.1, 0.15) is 48.3 Å². The van der Waals surface area contributed by atoms with Crippen molar-refractivity contribution in [3.05, 3.63) is 81.5 Å². The third-order valence-electron chi connectivity index (χ3n) is 6.55. The molecular formula is C27H25N5OS. The predicted molar refractivity (Wildman–Crippen MR) is 133 cm³/mol. The second-order valence-electron chi connectivity index (χ2n) is 9.26. The third kappa shape index (κ3) is 3.85. The molecule has 1 aliphatic heterocycles. The zero-order chi connectivity index (χ0) is 24.7. The topological polar surface area (TPSA) is 104 Å². The van der Waals surface area contributed by atoms with Crippen molar-refractivity contribution in [1.29, 1.82) is 15.9 Å². The fourth-order valence-electron chi connectivity index (χ4n) is 4.32. The number of rotatable bonds is 4. The van der Waals surface area contributed by atoms with Crippen molar-refractivity contribution >= 4 is 23.2 Å². The van der Waals surface area contributed by atoms with Crippen LogP contribution in [0.2, 0.25) is 0 Å². The van der Waals surface area contributed by atoms with Crippen LogP contribution in [0.15, 0.2) is 60.0 Å². The molecule has 0 unspecified atom stereocenters. The SMILES string of the molecule is CN1C(=N)N[C@](C)(c2cc(-c3cccc(C#N)c3)cs2)[C@H](c2ccc(C(C)(C)C#N)cc2)C1=O. The first-order chi connectivity index (χ1) is 16.1. The highest BCUT2D eigenvalue weighted by molar-refractivity contribution is 7.10. The lowest BCUT2D eigenvalue weighted by Crippen LogP contribution is -2.62. The van der Waals surface area contributed by atoms with E-state index in [0.717, 1.165) is 27.1 Å². The first-order valence-corrected chi connectivity index (χ1v) is 11.7. The number of thiophene rings is 1. The summed E-state index contributed by atoms with van der Waals surface area (Å²) in [7, 11) is 1.60. The van der Waals surface area contributed by atoms with Crippen LogP contribution in [0.4, 0.5) is 0 Å². The number of hydrogen-bond donors (Lipinski definition) is 2. The van der Waals surface area contributed by atoms with Crippen LogP contribution in [-0.2, 0) is 15.7 Å². The summed E-state index contributed by atoms with van der Waals surface area (Å²) in [6.45, 7) is 5.68. The fraction of sp³-hybridized carbons (Fsp3) is 0.259. The summed E-state index contributed by atoms with van der Waals surface area (Å²) in [5, 5.41) is 32.4. The molecule has 2 atom stereocenters. The van der Waals surface area contributed by atoms with Gasteiger partial charge in [-0.3, -0.25) is 15.1 Å². The van der Waals surface area contributed by atoms with E-state index < -0.39 is 16.9 Å².